The number of H-pyrrole nitrogens is 1. The highest BCUT2D eigenvalue weighted by Crippen LogP contribution is 2.35. The van der Waals surface area contributed by atoms with Crippen LogP contribution < -0.4 is 4.90 Å². The summed E-state index contributed by atoms with van der Waals surface area (Å²) >= 11 is 0. The number of anilines is 1. The lowest BCUT2D eigenvalue weighted by atomic mass is 10.1. The van der Waals surface area contributed by atoms with Gasteiger partial charge in [-0.3, -0.25) is 0 Å². The summed E-state index contributed by atoms with van der Waals surface area (Å²) in [5.41, 5.74) is 4.42. The number of hydrogen-bond acceptors (Lipinski definition) is 4. The molecule has 1 fully saturated rings. The third kappa shape index (κ3) is 3.88. The summed E-state index contributed by atoms with van der Waals surface area (Å²) in [4.78, 5) is 18.2. The molecule has 1 aliphatic heterocycles. The fourth-order valence-corrected chi connectivity index (χ4v) is 3.32. The Hall–Kier alpha value is -3.05. The van der Waals surface area contributed by atoms with Crippen LogP contribution in [0.25, 0.3) is 11.1 Å². The average Bonchev–Trinajstić information content (AvgIpc) is 3.19. The molecule has 27 heavy (non-hydrogen) atoms. The molecular formula is C22H22N2O3. The van der Waals surface area contributed by atoms with Crippen LogP contribution in [0.5, 0.6) is 0 Å². The lowest BCUT2D eigenvalue weighted by molar-refractivity contribution is 0.0466. The van der Waals surface area contributed by atoms with E-state index < -0.39 is 0 Å². The van der Waals surface area contributed by atoms with Crippen molar-refractivity contribution in [3.8, 4) is 11.1 Å². The highest BCUT2D eigenvalue weighted by molar-refractivity contribution is 5.99. The molecule has 2 aromatic carbocycles. The maximum atomic E-state index is 12.8. The molecule has 0 saturated carbocycles. The maximum Gasteiger partial charge on any atom is 0.357 e. The van der Waals surface area contributed by atoms with Crippen LogP contribution in [0.15, 0.2) is 66.9 Å². The fourth-order valence-electron chi connectivity index (χ4n) is 3.32. The first kappa shape index (κ1) is 17.4. The molecule has 0 amide bonds. The monoisotopic (exact) mass is 362 g/mol. The van der Waals surface area contributed by atoms with E-state index in [1.54, 1.807) is 0 Å². The maximum absolute atomic E-state index is 12.8. The number of rotatable bonds is 5. The van der Waals surface area contributed by atoms with Crippen LogP contribution in [0.1, 0.15) is 16.1 Å². The van der Waals surface area contributed by atoms with Gasteiger partial charge in [-0.1, -0.05) is 60.7 Å². The number of nitrogens with one attached hydrogen (secondary N) is 1. The van der Waals surface area contributed by atoms with E-state index in [0.29, 0.717) is 18.9 Å². The number of hydrogen-bond donors (Lipinski definition) is 1. The molecule has 3 aromatic rings. The van der Waals surface area contributed by atoms with Gasteiger partial charge in [0.25, 0.3) is 0 Å². The summed E-state index contributed by atoms with van der Waals surface area (Å²) < 4.78 is 11.0. The number of esters is 1. The van der Waals surface area contributed by atoms with E-state index in [0.717, 1.165) is 35.5 Å². The molecule has 0 atom stereocenters. The standard InChI is InChI=1S/C22H22N2O3/c25-22(27-16-17-7-3-1-4-8-17)20-21(24-11-13-26-14-12-24)19(15-23-20)18-9-5-2-6-10-18/h1-10,15,23H,11-14,16H2. The summed E-state index contributed by atoms with van der Waals surface area (Å²) in [6.45, 7) is 3.05. The van der Waals surface area contributed by atoms with Crippen LogP contribution in [0.2, 0.25) is 0 Å². The highest BCUT2D eigenvalue weighted by Gasteiger charge is 2.25. The molecule has 138 valence electrons. The topological polar surface area (TPSA) is 54.6 Å². The first-order valence-corrected chi connectivity index (χ1v) is 9.13. The summed E-state index contributed by atoms with van der Waals surface area (Å²) in [6.07, 6.45) is 1.89. The zero-order chi connectivity index (χ0) is 18.5. The van der Waals surface area contributed by atoms with Gasteiger partial charge in [0.05, 0.1) is 18.9 Å². The Morgan fingerprint density at radius 3 is 2.37 bits per heavy atom. The van der Waals surface area contributed by atoms with Gasteiger partial charge in [-0.2, -0.15) is 0 Å². The molecule has 2 heterocycles. The lowest BCUT2D eigenvalue weighted by Gasteiger charge is -2.30. The van der Waals surface area contributed by atoms with E-state index in [9.17, 15) is 4.79 Å². The van der Waals surface area contributed by atoms with Crippen molar-refractivity contribution in [2.45, 2.75) is 6.61 Å². The van der Waals surface area contributed by atoms with Crippen molar-refractivity contribution in [2.75, 3.05) is 31.2 Å². The number of morpholine rings is 1. The van der Waals surface area contributed by atoms with E-state index in [-0.39, 0.29) is 12.6 Å². The Bertz CT molecular complexity index is 884. The minimum Gasteiger partial charge on any atom is -0.456 e. The third-order valence-electron chi connectivity index (χ3n) is 4.68. The van der Waals surface area contributed by atoms with E-state index in [2.05, 4.69) is 9.88 Å². The first-order chi connectivity index (χ1) is 13.3. The number of aromatic nitrogens is 1. The second kappa shape index (κ2) is 8.10. The predicted octanol–water partition coefficient (Wildman–Crippen LogP) is 3.88. The molecule has 5 nitrogen and oxygen atoms in total. The molecule has 0 aliphatic carbocycles. The van der Waals surface area contributed by atoms with Crippen LogP contribution in [-0.2, 0) is 16.1 Å². The molecule has 0 radical (unpaired) electrons. The Kier molecular flexibility index (Phi) is 5.21. The summed E-state index contributed by atoms with van der Waals surface area (Å²) in [6, 6.07) is 19.8. The lowest BCUT2D eigenvalue weighted by Crippen LogP contribution is -2.37. The van der Waals surface area contributed by atoms with Gasteiger partial charge < -0.3 is 19.4 Å². The fraction of sp³-hybridized carbons (Fsp3) is 0.227. The highest BCUT2D eigenvalue weighted by atomic mass is 16.5. The zero-order valence-corrected chi connectivity index (χ0v) is 15.1. The van der Waals surface area contributed by atoms with Gasteiger partial charge >= 0.3 is 5.97 Å². The molecule has 1 N–H and O–H groups in total. The average molecular weight is 362 g/mol. The van der Waals surface area contributed by atoms with Crippen LogP contribution in [0, 0.1) is 0 Å². The summed E-state index contributed by atoms with van der Waals surface area (Å²) in [5.74, 6) is -0.345. The molecule has 0 unspecified atom stereocenters. The Labute approximate surface area is 158 Å². The van der Waals surface area contributed by atoms with Crippen molar-refractivity contribution in [1.29, 1.82) is 0 Å². The van der Waals surface area contributed by atoms with Crippen molar-refractivity contribution >= 4 is 11.7 Å². The van der Waals surface area contributed by atoms with Crippen molar-refractivity contribution < 1.29 is 14.3 Å². The van der Waals surface area contributed by atoms with Gasteiger partial charge in [0.15, 0.2) is 0 Å². The minimum absolute atomic E-state index is 0.252. The van der Waals surface area contributed by atoms with Crippen molar-refractivity contribution in [1.82, 2.24) is 4.98 Å². The van der Waals surface area contributed by atoms with Crippen molar-refractivity contribution in [3.63, 3.8) is 0 Å². The van der Waals surface area contributed by atoms with Gasteiger partial charge in [0.1, 0.15) is 12.3 Å². The molecule has 4 rings (SSSR count). The summed E-state index contributed by atoms with van der Waals surface area (Å²) in [5, 5.41) is 0. The largest absolute Gasteiger partial charge is 0.456 e. The van der Waals surface area contributed by atoms with Crippen LogP contribution in [0.4, 0.5) is 5.69 Å². The van der Waals surface area contributed by atoms with Crippen molar-refractivity contribution in [2.24, 2.45) is 0 Å². The van der Waals surface area contributed by atoms with Crippen LogP contribution in [0.3, 0.4) is 0 Å². The smallest absolute Gasteiger partial charge is 0.357 e. The second-order valence-corrected chi connectivity index (χ2v) is 6.45. The Balaban J connectivity index is 1.63. The number of carbonyl (C=O) groups is 1. The van der Waals surface area contributed by atoms with E-state index in [1.807, 2.05) is 66.9 Å². The number of benzene rings is 2. The molecule has 5 heteroatoms. The van der Waals surface area contributed by atoms with E-state index in [1.165, 1.54) is 0 Å². The number of carbonyl (C=O) groups excluding carboxylic acids is 1. The van der Waals surface area contributed by atoms with Gasteiger partial charge in [-0.05, 0) is 11.1 Å². The molecular weight excluding hydrogens is 340 g/mol. The number of aromatic amines is 1. The molecule has 1 aliphatic rings. The SMILES string of the molecule is O=C(OCc1ccccc1)c1[nH]cc(-c2ccccc2)c1N1CCOCC1. The van der Waals surface area contributed by atoms with Gasteiger partial charge in [0, 0.05) is 24.8 Å². The van der Waals surface area contributed by atoms with Crippen LogP contribution >= 0.6 is 0 Å². The Morgan fingerprint density at radius 1 is 1.00 bits per heavy atom. The Morgan fingerprint density at radius 2 is 1.67 bits per heavy atom. The zero-order valence-electron chi connectivity index (χ0n) is 15.1. The van der Waals surface area contributed by atoms with Gasteiger partial charge in [0.2, 0.25) is 0 Å². The molecule has 0 bridgehead atoms. The van der Waals surface area contributed by atoms with E-state index in [4.69, 9.17) is 9.47 Å². The molecule has 1 saturated heterocycles. The normalized spacial score (nSPS) is 14.1. The second-order valence-electron chi connectivity index (χ2n) is 6.45. The van der Waals surface area contributed by atoms with Gasteiger partial charge in [-0.25, -0.2) is 4.79 Å². The van der Waals surface area contributed by atoms with E-state index >= 15 is 0 Å². The molecule has 1 aromatic heterocycles. The number of nitrogens with zero attached hydrogens (tertiary/aromatic N) is 1. The van der Waals surface area contributed by atoms with Gasteiger partial charge in [-0.15, -0.1) is 0 Å². The first-order valence-electron chi connectivity index (χ1n) is 9.13. The predicted molar refractivity (Wildman–Crippen MR) is 105 cm³/mol. The minimum atomic E-state index is -0.345. The summed E-state index contributed by atoms with van der Waals surface area (Å²) in [7, 11) is 0. The quantitative estimate of drug-likeness (QED) is 0.700. The van der Waals surface area contributed by atoms with Crippen LogP contribution in [-0.4, -0.2) is 37.3 Å². The van der Waals surface area contributed by atoms with Crippen molar-refractivity contribution in [3.05, 3.63) is 78.1 Å². The third-order valence-corrected chi connectivity index (χ3v) is 4.68. The number of ether oxygens (including phenoxy) is 2. The molecule has 0 spiro atoms.